The Morgan fingerprint density at radius 2 is 0.923 bits per heavy atom. The van der Waals surface area contributed by atoms with E-state index >= 15 is 0 Å². The van der Waals surface area contributed by atoms with E-state index in [4.69, 9.17) is 8.83 Å². The SMILES string of the molecule is C1=Cc2oc3c(-c4ccc(-c5c6ccccc6c(-c6ccc(-c7ccccc7)cc6)c6ccccc56)cc4)cc4c5ccccc5oc4c3c2CC1. The van der Waals surface area contributed by atoms with Gasteiger partial charge in [0.2, 0.25) is 0 Å². The van der Waals surface area contributed by atoms with Gasteiger partial charge in [0, 0.05) is 21.9 Å². The molecule has 0 atom stereocenters. The van der Waals surface area contributed by atoms with Crippen molar-refractivity contribution in [2.45, 2.75) is 12.8 Å². The van der Waals surface area contributed by atoms with Gasteiger partial charge in [0.25, 0.3) is 0 Å². The molecular weight excluding hydrogens is 633 g/mol. The Bertz CT molecular complexity index is 2970. The molecule has 0 amide bonds. The van der Waals surface area contributed by atoms with Gasteiger partial charge in [-0.05, 0) is 91.5 Å². The number of allylic oxidation sites excluding steroid dienone is 1. The zero-order valence-electron chi connectivity index (χ0n) is 28.4. The third kappa shape index (κ3) is 4.37. The lowest BCUT2D eigenvalue weighted by atomic mass is 9.85. The minimum atomic E-state index is 0.898. The van der Waals surface area contributed by atoms with Gasteiger partial charge in [-0.25, -0.2) is 0 Å². The highest BCUT2D eigenvalue weighted by molar-refractivity contribution is 6.22. The summed E-state index contributed by atoms with van der Waals surface area (Å²) >= 11 is 0. The molecule has 0 spiro atoms. The Labute approximate surface area is 300 Å². The Hall–Kier alpha value is -6.64. The van der Waals surface area contributed by atoms with Crippen molar-refractivity contribution in [3.8, 4) is 44.5 Å². The molecule has 0 saturated heterocycles. The summed E-state index contributed by atoms with van der Waals surface area (Å²) in [4.78, 5) is 0. The van der Waals surface area contributed by atoms with Crippen molar-refractivity contribution >= 4 is 60.5 Å². The molecule has 1 aliphatic rings. The second-order valence-corrected chi connectivity index (χ2v) is 13.9. The van der Waals surface area contributed by atoms with Crippen molar-refractivity contribution in [3.05, 3.63) is 175 Å². The van der Waals surface area contributed by atoms with Crippen LogP contribution >= 0.6 is 0 Å². The third-order valence-corrected chi connectivity index (χ3v) is 11.0. The van der Waals surface area contributed by atoms with Crippen LogP contribution in [0.25, 0.3) is 105 Å². The van der Waals surface area contributed by atoms with Gasteiger partial charge >= 0.3 is 0 Å². The van der Waals surface area contributed by atoms with Gasteiger partial charge in [0.15, 0.2) is 0 Å². The molecule has 0 aliphatic heterocycles. The maximum atomic E-state index is 6.65. The first kappa shape index (κ1) is 29.1. The van der Waals surface area contributed by atoms with Crippen LogP contribution in [0.1, 0.15) is 17.7 Å². The molecule has 2 heteroatoms. The lowest BCUT2D eigenvalue weighted by Crippen LogP contribution is -1.91. The van der Waals surface area contributed by atoms with Crippen molar-refractivity contribution in [2.24, 2.45) is 0 Å². The molecule has 244 valence electrons. The molecule has 52 heavy (non-hydrogen) atoms. The highest BCUT2D eigenvalue weighted by Gasteiger charge is 2.24. The summed E-state index contributed by atoms with van der Waals surface area (Å²) in [6, 6.07) is 57.0. The fraction of sp³-hybridized carbons (Fsp3) is 0.0400. The molecule has 2 nitrogen and oxygen atoms in total. The van der Waals surface area contributed by atoms with E-state index in [1.807, 2.05) is 6.07 Å². The molecule has 0 saturated carbocycles. The first-order valence-electron chi connectivity index (χ1n) is 18.1. The van der Waals surface area contributed by atoms with Crippen LogP contribution < -0.4 is 0 Å². The predicted molar refractivity (Wildman–Crippen MR) is 218 cm³/mol. The Kier molecular flexibility index (Phi) is 6.41. The van der Waals surface area contributed by atoms with Crippen LogP contribution in [0.15, 0.2) is 173 Å². The summed E-state index contributed by atoms with van der Waals surface area (Å²) in [5.41, 5.74) is 13.6. The standard InChI is InChI=1S/C50H32O2/c1-2-12-31(13-3-1)32-22-26-34(27-23-32)46-37-15-4-6-17-39(37)47(40-18-7-5-16-38(40)46)35-28-24-33(25-29-35)42-30-43-36-14-8-10-20-44(36)51-50(43)48-41-19-9-11-21-45(41)52-49(42)48/h1-8,10-18,20-30H,9,19H2. The summed E-state index contributed by atoms with van der Waals surface area (Å²) in [7, 11) is 0. The molecule has 0 N–H and O–H groups in total. The van der Waals surface area contributed by atoms with Crippen molar-refractivity contribution in [2.75, 3.05) is 0 Å². The second-order valence-electron chi connectivity index (χ2n) is 13.9. The third-order valence-electron chi connectivity index (χ3n) is 11.0. The van der Waals surface area contributed by atoms with Gasteiger partial charge in [-0.3, -0.25) is 0 Å². The van der Waals surface area contributed by atoms with Crippen LogP contribution in [0, 0.1) is 0 Å². The summed E-state index contributed by atoms with van der Waals surface area (Å²) in [6.45, 7) is 0. The maximum absolute atomic E-state index is 6.65. The number of rotatable bonds is 4. The number of furan rings is 2. The van der Waals surface area contributed by atoms with Gasteiger partial charge in [0.1, 0.15) is 22.5 Å². The van der Waals surface area contributed by atoms with Gasteiger partial charge in [-0.15, -0.1) is 0 Å². The molecule has 0 bridgehead atoms. The van der Waals surface area contributed by atoms with E-state index in [9.17, 15) is 0 Å². The van der Waals surface area contributed by atoms with Crippen LogP contribution in [-0.4, -0.2) is 0 Å². The molecule has 0 fully saturated rings. The minimum Gasteiger partial charge on any atom is -0.456 e. The summed E-state index contributed by atoms with van der Waals surface area (Å²) in [5.74, 6) is 0.944. The zero-order valence-corrected chi connectivity index (χ0v) is 28.4. The topological polar surface area (TPSA) is 26.3 Å². The number of hydrogen-bond donors (Lipinski definition) is 0. The van der Waals surface area contributed by atoms with Crippen molar-refractivity contribution in [3.63, 3.8) is 0 Å². The van der Waals surface area contributed by atoms with Crippen LogP contribution in [0.4, 0.5) is 0 Å². The van der Waals surface area contributed by atoms with Gasteiger partial charge in [0.05, 0.1) is 5.39 Å². The minimum absolute atomic E-state index is 0.898. The molecule has 1 aliphatic carbocycles. The molecule has 11 rings (SSSR count). The molecule has 8 aromatic carbocycles. The average molecular weight is 665 g/mol. The smallest absolute Gasteiger partial charge is 0.146 e. The van der Waals surface area contributed by atoms with Crippen molar-refractivity contribution in [1.29, 1.82) is 0 Å². The number of hydrogen-bond acceptors (Lipinski definition) is 2. The van der Waals surface area contributed by atoms with Crippen LogP contribution in [-0.2, 0) is 6.42 Å². The number of para-hydroxylation sites is 1. The number of fused-ring (bicyclic) bond motifs is 9. The first-order valence-corrected chi connectivity index (χ1v) is 18.1. The highest BCUT2D eigenvalue weighted by atomic mass is 16.3. The lowest BCUT2D eigenvalue weighted by molar-refractivity contribution is 0.596. The molecule has 10 aromatic rings. The van der Waals surface area contributed by atoms with E-state index in [1.165, 1.54) is 60.5 Å². The highest BCUT2D eigenvalue weighted by Crippen LogP contribution is 2.47. The van der Waals surface area contributed by atoms with Crippen LogP contribution in [0.5, 0.6) is 0 Å². The first-order chi connectivity index (χ1) is 25.8. The monoisotopic (exact) mass is 664 g/mol. The summed E-state index contributed by atoms with van der Waals surface area (Å²) in [5, 5.41) is 8.36. The van der Waals surface area contributed by atoms with Gasteiger partial charge < -0.3 is 8.83 Å². The van der Waals surface area contributed by atoms with E-state index in [0.717, 1.165) is 62.6 Å². The summed E-state index contributed by atoms with van der Waals surface area (Å²) < 4.78 is 13.2. The van der Waals surface area contributed by atoms with E-state index < -0.39 is 0 Å². The van der Waals surface area contributed by atoms with E-state index in [0.29, 0.717) is 0 Å². The van der Waals surface area contributed by atoms with E-state index in [-0.39, 0.29) is 0 Å². The van der Waals surface area contributed by atoms with Gasteiger partial charge in [-0.1, -0.05) is 152 Å². The van der Waals surface area contributed by atoms with Crippen molar-refractivity contribution in [1.82, 2.24) is 0 Å². The van der Waals surface area contributed by atoms with Crippen LogP contribution in [0.3, 0.4) is 0 Å². The largest absolute Gasteiger partial charge is 0.456 e. The van der Waals surface area contributed by atoms with E-state index in [1.54, 1.807) is 0 Å². The molecule has 2 heterocycles. The van der Waals surface area contributed by atoms with Gasteiger partial charge in [-0.2, -0.15) is 0 Å². The fourth-order valence-corrected chi connectivity index (χ4v) is 8.56. The molecule has 0 unspecified atom stereocenters. The van der Waals surface area contributed by atoms with E-state index in [2.05, 4.69) is 164 Å². The Morgan fingerprint density at radius 3 is 1.56 bits per heavy atom. The predicted octanol–water partition coefficient (Wildman–Crippen LogP) is 14.3. The second kappa shape index (κ2) is 11.4. The number of aryl methyl sites for hydroxylation is 1. The Balaban J connectivity index is 1.09. The van der Waals surface area contributed by atoms with Crippen LogP contribution in [0.2, 0.25) is 0 Å². The molecule has 0 radical (unpaired) electrons. The van der Waals surface area contributed by atoms with Crippen molar-refractivity contribution < 1.29 is 8.83 Å². The zero-order chi connectivity index (χ0) is 34.2. The summed E-state index contributed by atoms with van der Waals surface area (Å²) in [6.07, 6.45) is 6.27. The molecule has 2 aromatic heterocycles. The Morgan fingerprint density at radius 1 is 0.404 bits per heavy atom. The quantitative estimate of drug-likeness (QED) is 0.175. The normalized spacial score (nSPS) is 12.8. The maximum Gasteiger partial charge on any atom is 0.146 e. The number of benzene rings is 8. The lowest BCUT2D eigenvalue weighted by Gasteiger charge is -2.18. The average Bonchev–Trinajstić information content (AvgIpc) is 3.79. The fourth-order valence-electron chi connectivity index (χ4n) is 8.56. The molecular formula is C50H32O2.